The van der Waals surface area contributed by atoms with Crippen molar-refractivity contribution in [1.29, 1.82) is 0 Å². The molecule has 0 saturated heterocycles. The monoisotopic (exact) mass is 266 g/mol. The van der Waals surface area contributed by atoms with Gasteiger partial charge in [-0.1, -0.05) is 11.6 Å². The van der Waals surface area contributed by atoms with Crippen LogP contribution in [0.1, 0.15) is 6.92 Å². The number of carbonyl (C=O) groups is 1. The number of ether oxygens (including phenoxy) is 1. The van der Waals surface area contributed by atoms with E-state index in [1.807, 2.05) is 0 Å². The van der Waals surface area contributed by atoms with E-state index in [4.69, 9.17) is 27.9 Å². The molecule has 88 valence electrons. The van der Waals surface area contributed by atoms with Gasteiger partial charge in [0.25, 0.3) is 5.24 Å². The summed E-state index contributed by atoms with van der Waals surface area (Å²) < 4.78 is 18.0. The van der Waals surface area contributed by atoms with Gasteiger partial charge < -0.3 is 9.84 Å². The molecule has 0 aromatic heterocycles. The van der Waals surface area contributed by atoms with Crippen LogP contribution in [-0.2, 0) is 4.79 Å². The van der Waals surface area contributed by atoms with E-state index in [0.29, 0.717) is 0 Å². The maximum Gasteiger partial charge on any atom is 0.256 e. The molecule has 0 fully saturated rings. The minimum absolute atomic E-state index is 0.0347. The largest absolute Gasteiger partial charge is 0.490 e. The molecule has 0 bridgehead atoms. The van der Waals surface area contributed by atoms with E-state index in [-0.39, 0.29) is 17.4 Å². The number of benzene rings is 1. The van der Waals surface area contributed by atoms with E-state index < -0.39 is 16.7 Å². The van der Waals surface area contributed by atoms with Crippen molar-refractivity contribution in [1.82, 2.24) is 0 Å². The second kappa shape index (κ2) is 4.99. The third-order valence-electron chi connectivity index (χ3n) is 1.83. The highest BCUT2D eigenvalue weighted by Gasteiger charge is 2.29. The molecule has 0 aliphatic rings. The molecule has 1 aromatic carbocycles. The van der Waals surface area contributed by atoms with Crippen LogP contribution >= 0.6 is 23.2 Å². The summed E-state index contributed by atoms with van der Waals surface area (Å²) in [6.45, 7) is 0.838. The lowest BCUT2D eigenvalue weighted by molar-refractivity contribution is -0.129. The first-order chi connectivity index (χ1) is 7.33. The third kappa shape index (κ3) is 3.33. The minimum atomic E-state index is -1.81. The number of rotatable bonds is 4. The molecule has 0 aliphatic carbocycles. The molecule has 1 aromatic rings. The average Bonchev–Trinajstić information content (AvgIpc) is 2.20. The van der Waals surface area contributed by atoms with Crippen molar-refractivity contribution in [3.63, 3.8) is 0 Å². The predicted octanol–water partition coefficient (Wildman–Crippen LogP) is 2.37. The van der Waals surface area contributed by atoms with Gasteiger partial charge >= 0.3 is 0 Å². The van der Waals surface area contributed by atoms with Crippen LogP contribution in [0, 0.1) is 5.82 Å². The summed E-state index contributed by atoms with van der Waals surface area (Å²) in [5, 5.41) is 8.47. The summed E-state index contributed by atoms with van der Waals surface area (Å²) in [7, 11) is 0. The van der Waals surface area contributed by atoms with Gasteiger partial charge in [0, 0.05) is 6.07 Å². The topological polar surface area (TPSA) is 46.5 Å². The highest BCUT2D eigenvalue weighted by molar-refractivity contribution is 6.65. The lowest BCUT2D eigenvalue weighted by Gasteiger charge is -2.18. The molecule has 0 spiro atoms. The fraction of sp³-hybridized carbons (Fsp3) is 0.300. The van der Waals surface area contributed by atoms with Crippen LogP contribution in [0.5, 0.6) is 5.75 Å². The van der Waals surface area contributed by atoms with Crippen molar-refractivity contribution >= 4 is 28.4 Å². The molecule has 0 amide bonds. The Balaban J connectivity index is 2.68. The number of halogens is 3. The Morgan fingerprint density at radius 3 is 2.75 bits per heavy atom. The number of aliphatic hydroxyl groups is 1. The Hall–Kier alpha value is -0.840. The van der Waals surface area contributed by atoms with Crippen molar-refractivity contribution in [2.45, 2.75) is 12.5 Å². The van der Waals surface area contributed by atoms with Crippen LogP contribution < -0.4 is 4.74 Å². The van der Waals surface area contributed by atoms with Crippen LogP contribution in [0.2, 0.25) is 5.02 Å². The SMILES string of the molecule is CC(O)(COc1ccc(Cl)c(F)c1)C(=O)Cl. The molecule has 16 heavy (non-hydrogen) atoms. The van der Waals surface area contributed by atoms with Crippen molar-refractivity contribution < 1.29 is 19.0 Å². The quantitative estimate of drug-likeness (QED) is 0.852. The van der Waals surface area contributed by atoms with Gasteiger partial charge in [0.1, 0.15) is 18.2 Å². The van der Waals surface area contributed by atoms with Crippen LogP contribution in [0.4, 0.5) is 4.39 Å². The zero-order chi connectivity index (χ0) is 12.3. The maximum absolute atomic E-state index is 13.0. The fourth-order valence-electron chi connectivity index (χ4n) is 0.847. The number of hydrogen-bond donors (Lipinski definition) is 1. The molecule has 3 nitrogen and oxygen atoms in total. The van der Waals surface area contributed by atoms with Gasteiger partial charge in [0.05, 0.1) is 5.02 Å². The van der Waals surface area contributed by atoms with Crippen LogP contribution in [0.15, 0.2) is 18.2 Å². The zero-order valence-electron chi connectivity index (χ0n) is 8.34. The summed E-state index contributed by atoms with van der Waals surface area (Å²) in [5.41, 5.74) is -1.81. The summed E-state index contributed by atoms with van der Waals surface area (Å²) in [6, 6.07) is 3.78. The predicted molar refractivity (Wildman–Crippen MR) is 58.4 cm³/mol. The second-order valence-electron chi connectivity index (χ2n) is 3.41. The summed E-state index contributed by atoms with van der Waals surface area (Å²) in [4.78, 5) is 10.7. The molecular formula is C10H9Cl2FO3. The lowest BCUT2D eigenvalue weighted by atomic mass is 10.1. The first-order valence-corrected chi connectivity index (χ1v) is 5.08. The molecule has 1 rings (SSSR count). The van der Waals surface area contributed by atoms with E-state index in [0.717, 1.165) is 6.07 Å². The summed E-state index contributed by atoms with van der Waals surface area (Å²) in [5.74, 6) is -0.490. The van der Waals surface area contributed by atoms with Gasteiger partial charge in [-0.05, 0) is 30.7 Å². The smallest absolute Gasteiger partial charge is 0.256 e. The van der Waals surface area contributed by atoms with Crippen molar-refractivity contribution in [2.75, 3.05) is 6.61 Å². The molecule has 0 aliphatic heterocycles. The number of hydrogen-bond acceptors (Lipinski definition) is 3. The number of carbonyl (C=O) groups excluding carboxylic acids is 1. The van der Waals surface area contributed by atoms with Crippen molar-refractivity contribution in [3.8, 4) is 5.75 Å². The first kappa shape index (κ1) is 13.2. The van der Waals surface area contributed by atoms with E-state index in [1.54, 1.807) is 0 Å². The Kier molecular flexibility index (Phi) is 4.13. The van der Waals surface area contributed by atoms with Crippen LogP contribution in [-0.4, -0.2) is 22.6 Å². The Labute approximate surface area is 102 Å². The standard InChI is InChI=1S/C10H9Cl2FO3/c1-10(15,9(12)14)5-16-6-2-3-7(11)8(13)4-6/h2-4,15H,5H2,1H3. The zero-order valence-corrected chi connectivity index (χ0v) is 9.85. The highest BCUT2D eigenvalue weighted by Crippen LogP contribution is 2.21. The fourth-order valence-corrected chi connectivity index (χ4v) is 1.02. The van der Waals surface area contributed by atoms with Gasteiger partial charge in [-0.2, -0.15) is 0 Å². The third-order valence-corrected chi connectivity index (χ3v) is 2.55. The van der Waals surface area contributed by atoms with Crippen molar-refractivity contribution in [3.05, 3.63) is 29.0 Å². The van der Waals surface area contributed by atoms with Crippen LogP contribution in [0.25, 0.3) is 0 Å². The normalized spacial score (nSPS) is 14.3. The van der Waals surface area contributed by atoms with Gasteiger partial charge in [0.15, 0.2) is 5.60 Å². The van der Waals surface area contributed by atoms with Crippen LogP contribution in [0.3, 0.4) is 0 Å². The van der Waals surface area contributed by atoms with Gasteiger partial charge in [-0.25, -0.2) is 4.39 Å². The minimum Gasteiger partial charge on any atom is -0.490 e. The van der Waals surface area contributed by atoms with E-state index in [2.05, 4.69) is 0 Å². The maximum atomic E-state index is 13.0. The average molecular weight is 267 g/mol. The van der Waals surface area contributed by atoms with Crippen molar-refractivity contribution in [2.24, 2.45) is 0 Å². The lowest BCUT2D eigenvalue weighted by Crippen LogP contribution is -2.38. The Bertz CT molecular complexity index is 407. The Morgan fingerprint density at radius 2 is 2.25 bits per heavy atom. The van der Waals surface area contributed by atoms with E-state index in [1.165, 1.54) is 19.1 Å². The summed E-state index contributed by atoms with van der Waals surface area (Å²) >= 11 is 10.6. The van der Waals surface area contributed by atoms with Gasteiger partial charge in [0.2, 0.25) is 0 Å². The van der Waals surface area contributed by atoms with E-state index >= 15 is 0 Å². The molecule has 1 unspecified atom stereocenters. The highest BCUT2D eigenvalue weighted by atomic mass is 35.5. The first-order valence-electron chi connectivity index (χ1n) is 4.33. The summed E-state index contributed by atoms with van der Waals surface area (Å²) in [6.07, 6.45) is 0. The molecule has 1 atom stereocenters. The second-order valence-corrected chi connectivity index (χ2v) is 4.16. The molecule has 0 saturated carbocycles. The van der Waals surface area contributed by atoms with Gasteiger partial charge in [-0.15, -0.1) is 0 Å². The van der Waals surface area contributed by atoms with Gasteiger partial charge in [-0.3, -0.25) is 4.79 Å². The molecule has 0 heterocycles. The molecule has 0 radical (unpaired) electrons. The molecular weight excluding hydrogens is 258 g/mol. The molecule has 6 heteroatoms. The van der Waals surface area contributed by atoms with E-state index in [9.17, 15) is 14.3 Å². The molecule has 1 N–H and O–H groups in total. The Morgan fingerprint density at radius 1 is 1.62 bits per heavy atom.